The molecule has 1 aliphatic rings. The van der Waals surface area contributed by atoms with Gasteiger partial charge in [-0.05, 0) is 16.8 Å². The average Bonchev–Trinajstić information content (AvgIpc) is 2.59. The van der Waals surface area contributed by atoms with Gasteiger partial charge < -0.3 is 4.18 Å². The maximum Gasteiger partial charge on any atom is 0.211 e. The van der Waals surface area contributed by atoms with Gasteiger partial charge in [0.15, 0.2) is 0 Å². The summed E-state index contributed by atoms with van der Waals surface area (Å²) in [6.45, 7) is 0. The van der Waals surface area contributed by atoms with E-state index in [1.165, 1.54) is 5.39 Å². The van der Waals surface area contributed by atoms with E-state index in [1.807, 2.05) is 30.3 Å². The predicted molar refractivity (Wildman–Crippen MR) is 56.4 cm³/mol. The summed E-state index contributed by atoms with van der Waals surface area (Å²) in [6.07, 6.45) is 0. The van der Waals surface area contributed by atoms with E-state index < -0.39 is 11.1 Å². The van der Waals surface area contributed by atoms with Crippen molar-refractivity contribution in [2.75, 3.05) is 0 Å². The Morgan fingerprint density at radius 2 is 2.00 bits per heavy atom. The smallest absolute Gasteiger partial charge is 0.211 e. The third kappa shape index (κ3) is 1.06. The van der Waals surface area contributed by atoms with Gasteiger partial charge in [0, 0.05) is 5.56 Å². The Morgan fingerprint density at radius 1 is 1.14 bits per heavy atom. The zero-order chi connectivity index (χ0) is 9.54. The summed E-state index contributed by atoms with van der Waals surface area (Å²) in [5.74, 6) is 1.28. The van der Waals surface area contributed by atoms with Crippen LogP contribution in [0.5, 0.6) is 5.75 Å². The topological polar surface area (TPSA) is 26.3 Å². The van der Waals surface area contributed by atoms with Crippen LogP contribution in [0.1, 0.15) is 5.56 Å². The molecule has 0 aliphatic carbocycles. The van der Waals surface area contributed by atoms with Gasteiger partial charge in [-0.3, -0.25) is 0 Å². The van der Waals surface area contributed by atoms with Gasteiger partial charge in [0.05, 0.1) is 5.75 Å². The normalized spacial score (nSPS) is 19.3. The lowest BCUT2D eigenvalue weighted by molar-refractivity contribution is 0.577. The molecule has 2 aromatic rings. The molecule has 14 heavy (non-hydrogen) atoms. The van der Waals surface area contributed by atoms with Crippen molar-refractivity contribution in [1.82, 2.24) is 0 Å². The highest BCUT2D eigenvalue weighted by molar-refractivity contribution is 7.80. The van der Waals surface area contributed by atoms with Gasteiger partial charge in [0.25, 0.3) is 0 Å². The van der Waals surface area contributed by atoms with Crippen molar-refractivity contribution in [3.8, 4) is 5.75 Å². The minimum absolute atomic E-state index is 0.511. The summed E-state index contributed by atoms with van der Waals surface area (Å²) in [6, 6.07) is 12.0. The van der Waals surface area contributed by atoms with Crippen LogP contribution in [0.3, 0.4) is 0 Å². The summed E-state index contributed by atoms with van der Waals surface area (Å²) >= 11 is -1.18. The van der Waals surface area contributed by atoms with E-state index >= 15 is 0 Å². The lowest BCUT2D eigenvalue weighted by atomic mass is 10.1. The van der Waals surface area contributed by atoms with Crippen LogP contribution in [0.2, 0.25) is 0 Å². The van der Waals surface area contributed by atoms with E-state index in [0.717, 1.165) is 16.7 Å². The maximum absolute atomic E-state index is 11.2. The first-order chi connectivity index (χ1) is 6.84. The van der Waals surface area contributed by atoms with Crippen molar-refractivity contribution in [2.24, 2.45) is 0 Å². The van der Waals surface area contributed by atoms with Crippen LogP contribution < -0.4 is 4.18 Å². The second-order valence-electron chi connectivity index (χ2n) is 3.29. The SMILES string of the molecule is O=S1Cc2c(ccc3ccccc23)O1. The predicted octanol–water partition coefficient (Wildman–Crippen LogP) is 2.40. The first kappa shape index (κ1) is 8.00. The van der Waals surface area contributed by atoms with E-state index in [0.29, 0.717) is 5.75 Å². The Morgan fingerprint density at radius 3 is 2.93 bits per heavy atom. The van der Waals surface area contributed by atoms with E-state index in [2.05, 4.69) is 6.07 Å². The molecule has 2 nitrogen and oxygen atoms in total. The van der Waals surface area contributed by atoms with Crippen LogP contribution in [-0.2, 0) is 16.8 Å². The first-order valence-corrected chi connectivity index (χ1v) is 5.66. The molecule has 70 valence electrons. The fourth-order valence-corrected chi connectivity index (χ4v) is 2.74. The number of hydrogen-bond donors (Lipinski definition) is 0. The molecule has 1 heterocycles. The maximum atomic E-state index is 11.2. The molecule has 0 saturated carbocycles. The zero-order valence-electron chi connectivity index (χ0n) is 7.40. The molecule has 1 atom stereocenters. The van der Waals surface area contributed by atoms with Gasteiger partial charge in [0.2, 0.25) is 11.1 Å². The van der Waals surface area contributed by atoms with Crippen molar-refractivity contribution in [3.63, 3.8) is 0 Å². The summed E-state index contributed by atoms with van der Waals surface area (Å²) in [7, 11) is 0. The second kappa shape index (κ2) is 2.82. The molecule has 2 aromatic carbocycles. The quantitative estimate of drug-likeness (QED) is 0.658. The van der Waals surface area contributed by atoms with E-state index in [1.54, 1.807) is 0 Å². The Kier molecular flexibility index (Phi) is 1.61. The summed E-state index contributed by atoms with van der Waals surface area (Å²) in [4.78, 5) is 0. The van der Waals surface area contributed by atoms with Gasteiger partial charge in [-0.2, -0.15) is 0 Å². The van der Waals surface area contributed by atoms with Crippen LogP contribution in [0.15, 0.2) is 36.4 Å². The Balaban J connectivity index is 2.39. The van der Waals surface area contributed by atoms with E-state index in [4.69, 9.17) is 4.18 Å². The van der Waals surface area contributed by atoms with Crippen molar-refractivity contribution in [1.29, 1.82) is 0 Å². The fourth-order valence-electron chi connectivity index (χ4n) is 1.79. The lowest BCUT2D eigenvalue weighted by Gasteiger charge is -2.01. The number of rotatable bonds is 0. The highest BCUT2D eigenvalue weighted by Crippen LogP contribution is 2.34. The number of benzene rings is 2. The third-order valence-electron chi connectivity index (χ3n) is 2.44. The van der Waals surface area contributed by atoms with Gasteiger partial charge in [0.1, 0.15) is 5.75 Å². The molecule has 3 heteroatoms. The summed E-state index contributed by atoms with van der Waals surface area (Å²) < 4.78 is 16.4. The molecular weight excluding hydrogens is 196 g/mol. The minimum Gasteiger partial charge on any atom is -0.400 e. The van der Waals surface area contributed by atoms with Crippen LogP contribution in [0.25, 0.3) is 10.8 Å². The molecule has 1 unspecified atom stereocenters. The number of hydrogen-bond acceptors (Lipinski definition) is 2. The van der Waals surface area contributed by atoms with Crippen LogP contribution in [0, 0.1) is 0 Å². The second-order valence-corrected chi connectivity index (χ2v) is 4.36. The Labute approximate surface area is 84.2 Å². The monoisotopic (exact) mass is 204 g/mol. The van der Waals surface area contributed by atoms with Gasteiger partial charge in [-0.25, -0.2) is 4.21 Å². The van der Waals surface area contributed by atoms with Crippen molar-refractivity contribution in [2.45, 2.75) is 5.75 Å². The van der Waals surface area contributed by atoms with Crippen LogP contribution in [0.4, 0.5) is 0 Å². The van der Waals surface area contributed by atoms with Crippen molar-refractivity contribution in [3.05, 3.63) is 42.0 Å². The molecule has 0 saturated heterocycles. The first-order valence-electron chi connectivity index (χ1n) is 4.42. The molecule has 0 radical (unpaired) electrons. The fraction of sp³-hybridized carbons (Fsp3) is 0.0909. The van der Waals surface area contributed by atoms with Crippen LogP contribution in [-0.4, -0.2) is 4.21 Å². The van der Waals surface area contributed by atoms with Crippen molar-refractivity contribution >= 4 is 21.9 Å². The van der Waals surface area contributed by atoms with Crippen molar-refractivity contribution < 1.29 is 8.39 Å². The minimum atomic E-state index is -1.18. The lowest BCUT2D eigenvalue weighted by Crippen LogP contribution is -1.90. The largest absolute Gasteiger partial charge is 0.400 e. The van der Waals surface area contributed by atoms with E-state index in [9.17, 15) is 4.21 Å². The standard InChI is InChI=1S/C11H8O2S/c12-14-7-10-9-4-2-1-3-8(9)5-6-11(10)13-14/h1-6H,7H2. The van der Waals surface area contributed by atoms with E-state index in [-0.39, 0.29) is 0 Å². The third-order valence-corrected chi connectivity index (χ3v) is 3.33. The van der Waals surface area contributed by atoms with Gasteiger partial charge in [-0.15, -0.1) is 0 Å². The molecular formula is C11H8O2S. The summed E-state index contributed by atoms with van der Waals surface area (Å²) in [5.41, 5.74) is 1.07. The molecule has 0 aromatic heterocycles. The molecule has 0 fully saturated rings. The Hall–Kier alpha value is -1.35. The molecule has 0 N–H and O–H groups in total. The molecule has 1 aliphatic heterocycles. The molecule has 0 spiro atoms. The number of fused-ring (bicyclic) bond motifs is 3. The highest BCUT2D eigenvalue weighted by atomic mass is 32.2. The summed E-state index contributed by atoms with van der Waals surface area (Å²) in [5, 5.41) is 2.32. The highest BCUT2D eigenvalue weighted by Gasteiger charge is 2.20. The van der Waals surface area contributed by atoms with Gasteiger partial charge in [-0.1, -0.05) is 30.3 Å². The molecule has 0 bridgehead atoms. The average molecular weight is 204 g/mol. The Bertz CT molecular complexity index is 534. The molecule has 3 rings (SSSR count). The molecule has 0 amide bonds. The van der Waals surface area contributed by atoms with Gasteiger partial charge >= 0.3 is 0 Å². The van der Waals surface area contributed by atoms with Crippen LogP contribution >= 0.6 is 0 Å². The zero-order valence-corrected chi connectivity index (χ0v) is 8.21.